The van der Waals surface area contributed by atoms with Crippen LogP contribution in [0, 0.1) is 0 Å². The van der Waals surface area contributed by atoms with Gasteiger partial charge >= 0.3 is 0 Å². The molecular weight excluding hydrogens is 416 g/mol. The zero-order valence-electron chi connectivity index (χ0n) is 14.9. The summed E-state index contributed by atoms with van der Waals surface area (Å²) in [4.78, 5) is 12.1. The normalized spacial score (nSPS) is 11.2. The summed E-state index contributed by atoms with van der Waals surface area (Å²) in [7, 11) is 0. The molecule has 0 saturated carbocycles. The number of hydrazone groups is 1. The summed E-state index contributed by atoms with van der Waals surface area (Å²) in [5.74, 6) is 0.295. The summed E-state index contributed by atoms with van der Waals surface area (Å²) in [5.41, 5.74) is 3.45. The molecule has 0 aliphatic rings. The quantitative estimate of drug-likeness (QED) is 0.344. The lowest BCUT2D eigenvalue weighted by Gasteiger charge is -2.09. The van der Waals surface area contributed by atoms with Crippen molar-refractivity contribution < 1.29 is 9.53 Å². The van der Waals surface area contributed by atoms with Crippen molar-refractivity contribution in [1.82, 2.24) is 5.43 Å². The standard InChI is InChI=1S/C23H17BrN2O2/c24-23-20-11-4-2-7-17(20)12-13-21(23)28-15-22(27)26-25-14-18-9-5-8-16-6-1-3-10-19(16)18/h1-14H,15H2,(H,26,27). The molecule has 0 aliphatic heterocycles. The number of amides is 1. The number of benzene rings is 4. The molecule has 1 amide bonds. The van der Waals surface area contributed by atoms with Crippen molar-refractivity contribution in [2.75, 3.05) is 6.61 Å². The zero-order chi connectivity index (χ0) is 19.3. The highest BCUT2D eigenvalue weighted by Crippen LogP contribution is 2.32. The van der Waals surface area contributed by atoms with Crippen LogP contribution in [0.4, 0.5) is 0 Å². The molecule has 0 saturated heterocycles. The SMILES string of the molecule is O=C(COc1ccc2ccccc2c1Br)NN=Cc1cccc2ccccc12. The maximum Gasteiger partial charge on any atom is 0.277 e. The van der Waals surface area contributed by atoms with Crippen LogP contribution in [0.2, 0.25) is 0 Å². The van der Waals surface area contributed by atoms with Gasteiger partial charge in [0.25, 0.3) is 5.91 Å². The molecule has 0 spiro atoms. The van der Waals surface area contributed by atoms with Gasteiger partial charge in [0.2, 0.25) is 0 Å². The molecule has 28 heavy (non-hydrogen) atoms. The summed E-state index contributed by atoms with van der Waals surface area (Å²) >= 11 is 3.55. The molecule has 0 radical (unpaired) electrons. The summed E-state index contributed by atoms with van der Waals surface area (Å²) in [5, 5.41) is 8.41. The Morgan fingerprint density at radius 3 is 2.39 bits per heavy atom. The maximum atomic E-state index is 12.1. The second-order valence-electron chi connectivity index (χ2n) is 6.25. The van der Waals surface area contributed by atoms with E-state index in [9.17, 15) is 4.79 Å². The van der Waals surface area contributed by atoms with Gasteiger partial charge in [0, 0.05) is 5.56 Å². The van der Waals surface area contributed by atoms with Gasteiger partial charge in [0.1, 0.15) is 5.75 Å². The van der Waals surface area contributed by atoms with Gasteiger partial charge in [0.05, 0.1) is 10.7 Å². The molecule has 0 aliphatic carbocycles. The highest BCUT2D eigenvalue weighted by Gasteiger charge is 2.08. The number of hydrogen-bond acceptors (Lipinski definition) is 3. The Kier molecular flexibility index (Phi) is 5.35. The lowest BCUT2D eigenvalue weighted by molar-refractivity contribution is -0.123. The second kappa shape index (κ2) is 8.23. The predicted molar refractivity (Wildman–Crippen MR) is 117 cm³/mol. The topological polar surface area (TPSA) is 50.7 Å². The lowest BCUT2D eigenvalue weighted by Crippen LogP contribution is -2.24. The number of rotatable bonds is 5. The van der Waals surface area contributed by atoms with Gasteiger partial charge in [-0.25, -0.2) is 5.43 Å². The third kappa shape index (κ3) is 3.89. The van der Waals surface area contributed by atoms with Crippen LogP contribution in [0.25, 0.3) is 21.5 Å². The van der Waals surface area contributed by atoms with Crippen molar-refractivity contribution in [3.05, 3.63) is 88.9 Å². The van der Waals surface area contributed by atoms with Crippen molar-refractivity contribution in [3.8, 4) is 5.75 Å². The molecule has 4 aromatic carbocycles. The van der Waals surface area contributed by atoms with Crippen LogP contribution in [0.5, 0.6) is 5.75 Å². The van der Waals surface area contributed by atoms with E-state index in [0.717, 1.165) is 31.6 Å². The number of carbonyl (C=O) groups excluding carboxylic acids is 1. The highest BCUT2D eigenvalue weighted by molar-refractivity contribution is 9.10. The molecule has 0 aromatic heterocycles. The van der Waals surface area contributed by atoms with Crippen molar-refractivity contribution in [2.24, 2.45) is 5.10 Å². The monoisotopic (exact) mass is 432 g/mol. The van der Waals surface area contributed by atoms with E-state index in [1.54, 1.807) is 6.21 Å². The summed E-state index contributed by atoms with van der Waals surface area (Å²) in [6, 6.07) is 25.8. The van der Waals surface area contributed by atoms with E-state index in [-0.39, 0.29) is 12.5 Å². The molecule has 138 valence electrons. The van der Waals surface area contributed by atoms with Crippen LogP contribution in [0.1, 0.15) is 5.56 Å². The minimum absolute atomic E-state index is 0.121. The largest absolute Gasteiger partial charge is 0.483 e. The van der Waals surface area contributed by atoms with Gasteiger partial charge < -0.3 is 4.74 Å². The molecule has 4 aromatic rings. The molecule has 0 atom stereocenters. The Bertz CT molecular complexity index is 1180. The molecule has 4 rings (SSSR count). The molecule has 0 heterocycles. The van der Waals surface area contributed by atoms with E-state index in [1.165, 1.54) is 0 Å². The molecule has 5 heteroatoms. The number of hydrogen-bond donors (Lipinski definition) is 1. The predicted octanol–water partition coefficient (Wildman–Crippen LogP) is 5.28. The van der Waals surface area contributed by atoms with E-state index >= 15 is 0 Å². The second-order valence-corrected chi connectivity index (χ2v) is 7.04. The third-order valence-electron chi connectivity index (χ3n) is 4.40. The number of nitrogens with one attached hydrogen (secondary N) is 1. The Labute approximate surface area is 171 Å². The number of ether oxygens (including phenoxy) is 1. The van der Waals surface area contributed by atoms with Crippen LogP contribution < -0.4 is 10.2 Å². The van der Waals surface area contributed by atoms with Crippen LogP contribution >= 0.6 is 15.9 Å². The van der Waals surface area contributed by atoms with Gasteiger partial charge in [-0.15, -0.1) is 0 Å². The fourth-order valence-electron chi connectivity index (χ4n) is 3.04. The van der Waals surface area contributed by atoms with Gasteiger partial charge in [-0.2, -0.15) is 5.10 Å². The molecular formula is C23H17BrN2O2. The van der Waals surface area contributed by atoms with Gasteiger partial charge in [-0.3, -0.25) is 4.79 Å². The van der Waals surface area contributed by atoms with Crippen LogP contribution in [-0.2, 0) is 4.79 Å². The first-order valence-electron chi connectivity index (χ1n) is 8.82. The molecule has 4 nitrogen and oxygen atoms in total. The maximum absolute atomic E-state index is 12.1. The first kappa shape index (κ1) is 18.2. The Morgan fingerprint density at radius 1 is 0.893 bits per heavy atom. The smallest absolute Gasteiger partial charge is 0.277 e. The average Bonchev–Trinajstić information content (AvgIpc) is 2.74. The first-order valence-corrected chi connectivity index (χ1v) is 9.61. The van der Waals surface area contributed by atoms with Crippen molar-refractivity contribution >= 4 is 49.6 Å². The average molecular weight is 433 g/mol. The number of nitrogens with zero attached hydrogens (tertiary/aromatic N) is 1. The van der Waals surface area contributed by atoms with Gasteiger partial charge in [-0.1, -0.05) is 72.8 Å². The molecule has 0 unspecified atom stereocenters. The van der Waals surface area contributed by atoms with Crippen molar-refractivity contribution in [3.63, 3.8) is 0 Å². The van der Waals surface area contributed by atoms with Crippen molar-refractivity contribution in [1.29, 1.82) is 0 Å². The fraction of sp³-hybridized carbons (Fsp3) is 0.0435. The van der Waals surface area contributed by atoms with Crippen LogP contribution in [-0.4, -0.2) is 18.7 Å². The Balaban J connectivity index is 1.40. The van der Waals surface area contributed by atoms with Crippen LogP contribution in [0.15, 0.2) is 88.4 Å². The van der Waals surface area contributed by atoms with E-state index < -0.39 is 0 Å². The third-order valence-corrected chi connectivity index (χ3v) is 5.22. The van der Waals surface area contributed by atoms with E-state index in [1.807, 2.05) is 78.9 Å². The summed E-state index contributed by atoms with van der Waals surface area (Å²) < 4.78 is 6.48. The van der Waals surface area contributed by atoms with Gasteiger partial charge in [-0.05, 0) is 43.5 Å². The highest BCUT2D eigenvalue weighted by atomic mass is 79.9. The summed E-state index contributed by atoms with van der Waals surface area (Å²) in [6.07, 6.45) is 1.65. The van der Waals surface area contributed by atoms with E-state index in [2.05, 4.69) is 26.5 Å². The number of fused-ring (bicyclic) bond motifs is 2. The van der Waals surface area contributed by atoms with Crippen molar-refractivity contribution in [2.45, 2.75) is 0 Å². The lowest BCUT2D eigenvalue weighted by atomic mass is 10.1. The molecule has 0 fully saturated rings. The minimum Gasteiger partial charge on any atom is -0.483 e. The minimum atomic E-state index is -0.323. The molecule has 1 N–H and O–H groups in total. The Hall–Kier alpha value is -3.18. The number of halogens is 1. The van der Waals surface area contributed by atoms with E-state index in [4.69, 9.17) is 4.74 Å². The summed E-state index contributed by atoms with van der Waals surface area (Å²) in [6.45, 7) is -0.121. The Morgan fingerprint density at radius 2 is 1.57 bits per heavy atom. The zero-order valence-corrected chi connectivity index (χ0v) is 16.5. The van der Waals surface area contributed by atoms with Crippen LogP contribution in [0.3, 0.4) is 0 Å². The first-order chi connectivity index (χ1) is 13.7. The fourth-order valence-corrected chi connectivity index (χ4v) is 3.65. The molecule has 0 bridgehead atoms. The number of carbonyl (C=O) groups is 1. The van der Waals surface area contributed by atoms with Gasteiger partial charge in [0.15, 0.2) is 6.61 Å². The van der Waals surface area contributed by atoms with E-state index in [0.29, 0.717) is 5.75 Å².